The zero-order valence-corrected chi connectivity index (χ0v) is 18.4. The van der Waals surface area contributed by atoms with Crippen molar-refractivity contribution in [3.63, 3.8) is 0 Å². The predicted octanol–water partition coefficient (Wildman–Crippen LogP) is 4.00. The number of hydrogen-bond acceptors (Lipinski definition) is 6. The van der Waals surface area contributed by atoms with Gasteiger partial charge in [0.25, 0.3) is 5.56 Å². The van der Waals surface area contributed by atoms with Gasteiger partial charge in [-0.2, -0.15) is 0 Å². The van der Waals surface area contributed by atoms with Crippen LogP contribution >= 0.6 is 23.4 Å². The number of thioether (sulfide) groups is 1. The molecule has 0 radical (unpaired) electrons. The van der Waals surface area contributed by atoms with Crippen molar-refractivity contribution in [3.05, 3.63) is 57.8 Å². The molecule has 1 aromatic heterocycles. The van der Waals surface area contributed by atoms with E-state index in [-0.39, 0.29) is 23.3 Å². The van der Waals surface area contributed by atoms with E-state index in [0.717, 1.165) is 0 Å². The molecule has 158 valence electrons. The number of halogens is 1. The first kappa shape index (κ1) is 22.1. The van der Waals surface area contributed by atoms with Gasteiger partial charge in [0.05, 0.1) is 42.1 Å². The van der Waals surface area contributed by atoms with E-state index >= 15 is 0 Å². The maximum absolute atomic E-state index is 13.0. The van der Waals surface area contributed by atoms with Crippen LogP contribution in [0.5, 0.6) is 5.75 Å². The normalized spacial score (nSPS) is 12.0. The van der Waals surface area contributed by atoms with E-state index in [9.17, 15) is 9.59 Å². The summed E-state index contributed by atoms with van der Waals surface area (Å²) in [5, 5.41) is 4.25. The van der Waals surface area contributed by atoms with Crippen LogP contribution in [0.2, 0.25) is 5.02 Å². The number of carbonyl (C=O) groups excluding carboxylic acids is 1. The molecule has 0 saturated carbocycles. The Bertz CT molecular complexity index is 1120. The molecule has 0 aliphatic rings. The Labute approximate surface area is 183 Å². The molecule has 0 aliphatic heterocycles. The predicted molar refractivity (Wildman–Crippen MR) is 120 cm³/mol. The molecule has 0 fully saturated rings. The van der Waals surface area contributed by atoms with Crippen molar-refractivity contribution < 1.29 is 14.3 Å². The first-order chi connectivity index (χ1) is 14.4. The SMILES string of the molecule is COC[C@@H](C)n1c(SCC(=O)Nc2cc(Cl)ccc2OC)nc2ccccc2c1=O. The van der Waals surface area contributed by atoms with Crippen molar-refractivity contribution in [1.29, 1.82) is 0 Å². The molecule has 1 atom stereocenters. The molecule has 3 rings (SSSR count). The van der Waals surface area contributed by atoms with Crippen LogP contribution in [-0.4, -0.2) is 42.0 Å². The van der Waals surface area contributed by atoms with Gasteiger partial charge < -0.3 is 14.8 Å². The highest BCUT2D eigenvalue weighted by Gasteiger charge is 2.18. The van der Waals surface area contributed by atoms with Crippen LogP contribution in [0, 0.1) is 0 Å². The third kappa shape index (κ3) is 4.95. The molecule has 7 nitrogen and oxygen atoms in total. The second-order valence-corrected chi connectivity index (χ2v) is 7.95. The van der Waals surface area contributed by atoms with Gasteiger partial charge in [-0.05, 0) is 37.3 Å². The van der Waals surface area contributed by atoms with Gasteiger partial charge in [0.2, 0.25) is 5.91 Å². The van der Waals surface area contributed by atoms with Gasteiger partial charge in [0, 0.05) is 12.1 Å². The molecule has 1 N–H and O–H groups in total. The Morgan fingerprint density at radius 2 is 2.03 bits per heavy atom. The van der Waals surface area contributed by atoms with Crippen LogP contribution in [-0.2, 0) is 9.53 Å². The average molecular weight is 448 g/mol. The summed E-state index contributed by atoms with van der Waals surface area (Å²) in [7, 11) is 3.09. The monoisotopic (exact) mass is 447 g/mol. The highest BCUT2D eigenvalue weighted by atomic mass is 35.5. The lowest BCUT2D eigenvalue weighted by Crippen LogP contribution is -2.29. The van der Waals surface area contributed by atoms with Gasteiger partial charge in [0.15, 0.2) is 5.16 Å². The number of rotatable bonds is 8. The minimum absolute atomic E-state index is 0.0557. The quantitative estimate of drug-likeness (QED) is 0.415. The number of fused-ring (bicyclic) bond motifs is 1. The molecule has 1 heterocycles. The summed E-state index contributed by atoms with van der Waals surface area (Å²) in [6.07, 6.45) is 0. The summed E-state index contributed by atoms with van der Waals surface area (Å²) in [6, 6.07) is 11.9. The number of benzene rings is 2. The summed E-state index contributed by atoms with van der Waals surface area (Å²) in [5.41, 5.74) is 0.902. The number of amides is 1. The third-order valence-electron chi connectivity index (χ3n) is 4.39. The van der Waals surface area contributed by atoms with E-state index in [2.05, 4.69) is 10.3 Å². The maximum Gasteiger partial charge on any atom is 0.262 e. The standard InChI is InChI=1S/C21H22ClN3O4S/c1-13(11-28-2)25-20(27)15-6-4-5-7-16(15)24-21(25)30-12-19(26)23-17-10-14(22)8-9-18(17)29-3/h4-10,13H,11-12H2,1-3H3,(H,23,26)/t13-/m1/s1. The second kappa shape index (κ2) is 9.97. The summed E-state index contributed by atoms with van der Waals surface area (Å²) in [4.78, 5) is 30.2. The molecule has 2 aromatic carbocycles. The molecule has 0 spiro atoms. The van der Waals surface area contributed by atoms with Crippen LogP contribution in [0.1, 0.15) is 13.0 Å². The van der Waals surface area contributed by atoms with Crippen molar-refractivity contribution in [2.45, 2.75) is 18.1 Å². The van der Waals surface area contributed by atoms with Gasteiger partial charge in [-0.3, -0.25) is 14.2 Å². The first-order valence-electron chi connectivity index (χ1n) is 9.21. The van der Waals surface area contributed by atoms with Crippen molar-refractivity contribution in [2.75, 3.05) is 31.9 Å². The fraction of sp³-hybridized carbons (Fsp3) is 0.286. The summed E-state index contributed by atoms with van der Waals surface area (Å²) in [6.45, 7) is 2.22. The lowest BCUT2D eigenvalue weighted by molar-refractivity contribution is -0.113. The van der Waals surface area contributed by atoms with Crippen molar-refractivity contribution >= 4 is 45.9 Å². The molecule has 30 heavy (non-hydrogen) atoms. The molecule has 0 bridgehead atoms. The zero-order chi connectivity index (χ0) is 21.7. The molecular weight excluding hydrogens is 426 g/mol. The maximum atomic E-state index is 13.0. The van der Waals surface area contributed by atoms with E-state index in [0.29, 0.717) is 39.1 Å². The molecular formula is C21H22ClN3O4S. The van der Waals surface area contributed by atoms with E-state index < -0.39 is 0 Å². The number of nitrogens with one attached hydrogen (secondary N) is 1. The average Bonchev–Trinajstić information content (AvgIpc) is 2.72. The zero-order valence-electron chi connectivity index (χ0n) is 16.8. The Hall–Kier alpha value is -2.55. The molecule has 0 aliphatic carbocycles. The number of nitrogens with zero attached hydrogens (tertiary/aromatic N) is 2. The molecule has 0 saturated heterocycles. The van der Waals surface area contributed by atoms with Crippen LogP contribution in [0.15, 0.2) is 52.4 Å². The third-order valence-corrected chi connectivity index (χ3v) is 5.58. The Morgan fingerprint density at radius 1 is 1.27 bits per heavy atom. The fourth-order valence-electron chi connectivity index (χ4n) is 3.03. The number of ether oxygens (including phenoxy) is 2. The molecule has 0 unspecified atom stereocenters. The summed E-state index contributed by atoms with van der Waals surface area (Å²) < 4.78 is 12.0. The summed E-state index contributed by atoms with van der Waals surface area (Å²) in [5.74, 6) is 0.293. The molecule has 9 heteroatoms. The van der Waals surface area contributed by atoms with Gasteiger partial charge >= 0.3 is 0 Å². The number of aromatic nitrogens is 2. The second-order valence-electron chi connectivity index (χ2n) is 6.57. The van der Waals surface area contributed by atoms with Crippen molar-refractivity contribution in [1.82, 2.24) is 9.55 Å². The molecule has 3 aromatic rings. The Morgan fingerprint density at radius 3 is 2.77 bits per heavy atom. The largest absolute Gasteiger partial charge is 0.495 e. The topological polar surface area (TPSA) is 82.4 Å². The van der Waals surface area contributed by atoms with Gasteiger partial charge in [-0.25, -0.2) is 4.98 Å². The highest BCUT2D eigenvalue weighted by Crippen LogP contribution is 2.28. The number of anilines is 1. The van der Waals surface area contributed by atoms with E-state index in [1.54, 1.807) is 48.1 Å². The number of methoxy groups -OCH3 is 2. The van der Waals surface area contributed by atoms with Crippen molar-refractivity contribution in [3.8, 4) is 5.75 Å². The Balaban J connectivity index is 1.86. The van der Waals surface area contributed by atoms with Gasteiger partial charge in [-0.1, -0.05) is 35.5 Å². The lowest BCUT2D eigenvalue weighted by atomic mass is 10.2. The van der Waals surface area contributed by atoms with Crippen LogP contribution in [0.4, 0.5) is 5.69 Å². The number of hydrogen-bond donors (Lipinski definition) is 1. The van der Waals surface area contributed by atoms with Crippen LogP contribution in [0.25, 0.3) is 10.9 Å². The summed E-state index contributed by atoms with van der Waals surface area (Å²) >= 11 is 7.20. The minimum Gasteiger partial charge on any atom is -0.495 e. The van der Waals surface area contributed by atoms with E-state index in [1.807, 2.05) is 13.0 Å². The highest BCUT2D eigenvalue weighted by molar-refractivity contribution is 7.99. The lowest BCUT2D eigenvalue weighted by Gasteiger charge is -2.19. The minimum atomic E-state index is -0.270. The van der Waals surface area contributed by atoms with Gasteiger partial charge in [0.1, 0.15) is 5.75 Å². The van der Waals surface area contributed by atoms with Crippen LogP contribution < -0.4 is 15.6 Å². The molecule has 1 amide bonds. The Kier molecular flexibility index (Phi) is 7.36. The fourth-order valence-corrected chi connectivity index (χ4v) is 4.10. The van der Waals surface area contributed by atoms with Crippen LogP contribution in [0.3, 0.4) is 0 Å². The van der Waals surface area contributed by atoms with Gasteiger partial charge in [-0.15, -0.1) is 0 Å². The number of para-hydroxylation sites is 1. The van der Waals surface area contributed by atoms with E-state index in [1.165, 1.54) is 18.9 Å². The smallest absolute Gasteiger partial charge is 0.262 e. The van der Waals surface area contributed by atoms with Crippen molar-refractivity contribution in [2.24, 2.45) is 0 Å². The number of carbonyl (C=O) groups is 1. The van der Waals surface area contributed by atoms with E-state index in [4.69, 9.17) is 21.1 Å². The first-order valence-corrected chi connectivity index (χ1v) is 10.6.